The van der Waals surface area contributed by atoms with Crippen LogP contribution in [0.5, 0.6) is 17.2 Å². The van der Waals surface area contributed by atoms with Crippen LogP contribution in [0.25, 0.3) is 0 Å². The second kappa shape index (κ2) is 11.4. The van der Waals surface area contributed by atoms with Crippen LogP contribution in [0.3, 0.4) is 0 Å². The normalized spacial score (nSPS) is 11.1. The van der Waals surface area contributed by atoms with Gasteiger partial charge in [0.25, 0.3) is 0 Å². The second-order valence-corrected chi connectivity index (χ2v) is 8.81. The molecule has 0 heterocycles. The Balaban J connectivity index is 1.43. The summed E-state index contributed by atoms with van der Waals surface area (Å²) in [4.78, 5) is 0. The molecule has 3 heteroatoms. The third-order valence-electron chi connectivity index (χ3n) is 6.57. The summed E-state index contributed by atoms with van der Waals surface area (Å²) in [6, 6.07) is 30.9. The van der Waals surface area contributed by atoms with Crippen molar-refractivity contribution in [2.24, 2.45) is 0 Å². The summed E-state index contributed by atoms with van der Waals surface area (Å²) in [5, 5.41) is 31.0. The predicted molar refractivity (Wildman–Crippen MR) is 138 cm³/mol. The van der Waals surface area contributed by atoms with Crippen molar-refractivity contribution in [3.63, 3.8) is 0 Å². The van der Waals surface area contributed by atoms with Crippen molar-refractivity contribution in [3.05, 3.63) is 125 Å². The van der Waals surface area contributed by atoms with Crippen LogP contribution in [0.2, 0.25) is 0 Å². The van der Waals surface area contributed by atoms with E-state index in [4.69, 9.17) is 0 Å². The molecule has 0 aliphatic rings. The van der Waals surface area contributed by atoms with E-state index in [1.807, 2.05) is 54.6 Å². The maximum Gasteiger partial charge on any atom is 0.119 e. The highest BCUT2D eigenvalue weighted by molar-refractivity contribution is 5.46. The van der Waals surface area contributed by atoms with Crippen molar-refractivity contribution in [2.45, 2.75) is 44.4 Å². The van der Waals surface area contributed by atoms with Crippen molar-refractivity contribution in [1.82, 2.24) is 0 Å². The third kappa shape index (κ3) is 5.79. The van der Waals surface area contributed by atoms with Gasteiger partial charge in [-0.15, -0.1) is 0 Å². The molecule has 3 N–H and O–H groups in total. The van der Waals surface area contributed by atoms with E-state index in [9.17, 15) is 15.3 Å². The predicted octanol–water partition coefficient (Wildman–Crippen LogP) is 7.13. The smallest absolute Gasteiger partial charge is 0.119 e. The molecule has 0 atom stereocenters. The second-order valence-electron chi connectivity index (χ2n) is 8.81. The van der Waals surface area contributed by atoms with Gasteiger partial charge >= 0.3 is 0 Å². The molecule has 0 bridgehead atoms. The van der Waals surface area contributed by atoms with Gasteiger partial charge in [-0.25, -0.2) is 0 Å². The lowest BCUT2D eigenvalue weighted by atomic mass is 9.85. The van der Waals surface area contributed by atoms with Gasteiger partial charge in [0.05, 0.1) is 0 Å². The fraction of sp³-hybridized carbons (Fsp3) is 0.226. The van der Waals surface area contributed by atoms with Crippen LogP contribution in [-0.2, 0) is 19.3 Å². The summed E-state index contributed by atoms with van der Waals surface area (Å²) in [7, 11) is 0. The summed E-state index contributed by atoms with van der Waals surface area (Å²) >= 11 is 0. The number of hydrogen-bond donors (Lipinski definition) is 3. The molecule has 0 aromatic heterocycles. The Morgan fingerprint density at radius 2 is 0.853 bits per heavy atom. The minimum Gasteiger partial charge on any atom is -0.508 e. The molecule has 0 saturated carbocycles. The van der Waals surface area contributed by atoms with Gasteiger partial charge in [0.2, 0.25) is 0 Å². The molecule has 0 aliphatic heterocycles. The average Bonchev–Trinajstić information content (AvgIpc) is 2.85. The molecule has 0 saturated heterocycles. The summed E-state index contributed by atoms with van der Waals surface area (Å²) in [5.74, 6) is 0.825. The van der Waals surface area contributed by atoms with Crippen molar-refractivity contribution in [2.75, 3.05) is 0 Å². The average molecular weight is 453 g/mol. The van der Waals surface area contributed by atoms with Crippen LogP contribution in [0.4, 0.5) is 0 Å². The first kappa shape index (κ1) is 23.4. The quantitative estimate of drug-likeness (QED) is 0.240. The lowest BCUT2D eigenvalue weighted by Gasteiger charge is -2.20. The van der Waals surface area contributed by atoms with Crippen molar-refractivity contribution < 1.29 is 15.3 Å². The molecule has 34 heavy (non-hydrogen) atoms. The van der Waals surface area contributed by atoms with Crippen LogP contribution in [0, 0.1) is 0 Å². The molecule has 0 aliphatic carbocycles. The van der Waals surface area contributed by atoms with Crippen molar-refractivity contribution in [3.8, 4) is 17.2 Å². The summed E-state index contributed by atoms with van der Waals surface area (Å²) in [5.41, 5.74) is 5.38. The first-order valence-corrected chi connectivity index (χ1v) is 12.0. The molecule has 4 aromatic rings. The molecule has 0 amide bonds. The molecule has 174 valence electrons. The van der Waals surface area contributed by atoms with Gasteiger partial charge in [0.1, 0.15) is 17.2 Å². The van der Waals surface area contributed by atoms with E-state index < -0.39 is 0 Å². The van der Waals surface area contributed by atoms with Gasteiger partial charge in [-0.05, 0) is 73.4 Å². The number of benzene rings is 4. The van der Waals surface area contributed by atoms with E-state index >= 15 is 0 Å². The molecule has 0 spiro atoms. The third-order valence-corrected chi connectivity index (χ3v) is 6.57. The first-order valence-electron chi connectivity index (χ1n) is 12.0. The van der Waals surface area contributed by atoms with E-state index in [2.05, 4.69) is 24.3 Å². The lowest BCUT2D eigenvalue weighted by molar-refractivity contribution is 0.449. The summed E-state index contributed by atoms with van der Waals surface area (Å²) < 4.78 is 0. The van der Waals surface area contributed by atoms with Crippen LogP contribution in [-0.4, -0.2) is 15.3 Å². The minimum atomic E-state index is -0.0735. The monoisotopic (exact) mass is 452 g/mol. The topological polar surface area (TPSA) is 60.7 Å². The van der Waals surface area contributed by atoms with E-state index in [0.29, 0.717) is 5.75 Å². The number of hydrogen-bond acceptors (Lipinski definition) is 3. The number of rotatable bonds is 10. The SMILES string of the molecule is Oc1ccccc1CCCc1ccccc1CCCC(c1ccccc1O)c1ccccc1O. The number of phenols is 3. The summed E-state index contributed by atoms with van der Waals surface area (Å²) in [6.07, 6.45) is 5.49. The zero-order valence-corrected chi connectivity index (χ0v) is 19.4. The molecule has 3 nitrogen and oxygen atoms in total. The Morgan fingerprint density at radius 1 is 0.441 bits per heavy atom. The van der Waals surface area contributed by atoms with E-state index in [-0.39, 0.29) is 17.4 Å². The van der Waals surface area contributed by atoms with Gasteiger partial charge in [0, 0.05) is 17.0 Å². The van der Waals surface area contributed by atoms with Gasteiger partial charge < -0.3 is 15.3 Å². The van der Waals surface area contributed by atoms with Crippen LogP contribution < -0.4 is 0 Å². The Hall–Kier alpha value is -3.72. The van der Waals surface area contributed by atoms with E-state index in [0.717, 1.165) is 55.2 Å². The standard InChI is InChI=1S/C31H32O3/c32-29-20-6-3-13-25(29)16-9-14-23-11-1-2-12-24(23)15-10-19-26(27-17-4-7-21-30(27)33)28-18-5-8-22-31(28)34/h1-8,11-13,17-18,20-22,26,32-34H,9-10,14-16,19H2. The molecule has 4 rings (SSSR count). The van der Waals surface area contributed by atoms with Gasteiger partial charge in [0.15, 0.2) is 0 Å². The molecule has 4 aromatic carbocycles. The van der Waals surface area contributed by atoms with E-state index in [1.165, 1.54) is 11.1 Å². The molecule has 0 radical (unpaired) electrons. The number of phenolic OH excluding ortho intramolecular Hbond substituents is 3. The Kier molecular flexibility index (Phi) is 7.87. The van der Waals surface area contributed by atoms with Crippen LogP contribution >= 0.6 is 0 Å². The fourth-order valence-electron chi connectivity index (χ4n) is 4.78. The number of aryl methyl sites for hydroxylation is 3. The Morgan fingerprint density at radius 3 is 1.38 bits per heavy atom. The molecule has 0 unspecified atom stereocenters. The molecule has 0 fully saturated rings. The van der Waals surface area contributed by atoms with E-state index in [1.54, 1.807) is 18.2 Å². The Labute approximate surface area is 202 Å². The first-order chi connectivity index (χ1) is 16.6. The largest absolute Gasteiger partial charge is 0.508 e. The fourth-order valence-corrected chi connectivity index (χ4v) is 4.78. The zero-order valence-electron chi connectivity index (χ0n) is 19.4. The Bertz CT molecular complexity index is 1170. The maximum absolute atomic E-state index is 10.5. The maximum atomic E-state index is 10.5. The van der Waals surface area contributed by atoms with Gasteiger partial charge in [-0.1, -0.05) is 78.9 Å². The van der Waals surface area contributed by atoms with Crippen molar-refractivity contribution in [1.29, 1.82) is 0 Å². The van der Waals surface area contributed by atoms with Crippen molar-refractivity contribution >= 4 is 0 Å². The zero-order chi connectivity index (χ0) is 23.8. The van der Waals surface area contributed by atoms with Gasteiger partial charge in [-0.3, -0.25) is 0 Å². The molecular formula is C31H32O3. The summed E-state index contributed by atoms with van der Waals surface area (Å²) in [6.45, 7) is 0. The minimum absolute atomic E-state index is 0.0735. The highest BCUT2D eigenvalue weighted by Gasteiger charge is 2.20. The highest BCUT2D eigenvalue weighted by Crippen LogP contribution is 2.38. The molecular weight excluding hydrogens is 420 g/mol. The van der Waals surface area contributed by atoms with Gasteiger partial charge in [-0.2, -0.15) is 0 Å². The number of aromatic hydroxyl groups is 3. The lowest BCUT2D eigenvalue weighted by Crippen LogP contribution is -2.04. The number of para-hydroxylation sites is 3. The van der Waals surface area contributed by atoms with Crippen LogP contribution in [0.15, 0.2) is 97.1 Å². The van der Waals surface area contributed by atoms with Crippen LogP contribution in [0.1, 0.15) is 53.0 Å². The highest BCUT2D eigenvalue weighted by atomic mass is 16.3.